The van der Waals surface area contributed by atoms with Gasteiger partial charge in [-0.3, -0.25) is 9.59 Å². The van der Waals surface area contributed by atoms with Gasteiger partial charge in [0.15, 0.2) is 0 Å². The summed E-state index contributed by atoms with van der Waals surface area (Å²) in [7, 11) is 0. The second-order valence-electron chi connectivity index (χ2n) is 15.4. The molecule has 0 bridgehead atoms. The van der Waals surface area contributed by atoms with Crippen LogP contribution < -0.4 is 5.32 Å². The number of rotatable bonds is 41. The molecule has 0 radical (unpaired) electrons. The van der Waals surface area contributed by atoms with E-state index in [4.69, 9.17) is 4.74 Å². The van der Waals surface area contributed by atoms with Gasteiger partial charge in [0.25, 0.3) is 0 Å². The Hall–Kier alpha value is -1.66. The summed E-state index contributed by atoms with van der Waals surface area (Å²) in [4.78, 5) is 24.3. The number of allylic oxidation sites excluding steroid dienone is 4. The highest BCUT2D eigenvalue weighted by Gasteiger charge is 2.19. The van der Waals surface area contributed by atoms with Crippen molar-refractivity contribution in [1.82, 2.24) is 5.32 Å². The summed E-state index contributed by atoms with van der Waals surface area (Å²) in [6, 6.07) is -0.578. The highest BCUT2D eigenvalue weighted by atomic mass is 16.5. The number of ether oxygens (including phenoxy) is 1. The van der Waals surface area contributed by atoms with Crippen LogP contribution in [0.2, 0.25) is 0 Å². The van der Waals surface area contributed by atoms with Crippen LogP contribution in [0.5, 0.6) is 0 Å². The lowest BCUT2D eigenvalue weighted by molar-refractivity contribution is -0.143. The van der Waals surface area contributed by atoms with E-state index in [0.717, 1.165) is 70.6 Å². The molecule has 306 valence electrons. The van der Waals surface area contributed by atoms with Gasteiger partial charge in [0.2, 0.25) is 5.91 Å². The van der Waals surface area contributed by atoms with Crippen LogP contribution in [0.15, 0.2) is 24.3 Å². The van der Waals surface area contributed by atoms with Gasteiger partial charge in [-0.05, 0) is 64.2 Å². The third kappa shape index (κ3) is 38.1. The summed E-state index contributed by atoms with van der Waals surface area (Å²) in [6.07, 6.45) is 47.1. The van der Waals surface area contributed by atoms with Crippen LogP contribution in [0.3, 0.4) is 0 Å². The van der Waals surface area contributed by atoms with E-state index < -0.39 is 12.1 Å². The highest BCUT2D eigenvalue weighted by Crippen LogP contribution is 2.15. The molecule has 0 aromatic carbocycles. The molecule has 0 spiro atoms. The number of nitrogens with one attached hydrogen (secondary N) is 1. The zero-order chi connectivity index (χ0) is 38.0. The number of aliphatic hydroxyl groups excluding tert-OH is 2. The average Bonchev–Trinajstić information content (AvgIpc) is 3.14. The van der Waals surface area contributed by atoms with Crippen LogP contribution in [-0.2, 0) is 14.3 Å². The maximum atomic E-state index is 12.4. The Balaban J connectivity index is 3.58. The van der Waals surface area contributed by atoms with Gasteiger partial charge in [-0.25, -0.2) is 0 Å². The Kier molecular flexibility index (Phi) is 40.7. The third-order valence-electron chi connectivity index (χ3n) is 10.2. The zero-order valence-electron chi connectivity index (χ0n) is 34.5. The van der Waals surface area contributed by atoms with E-state index in [2.05, 4.69) is 43.5 Å². The number of amides is 1. The van der Waals surface area contributed by atoms with Gasteiger partial charge < -0.3 is 20.3 Å². The molecule has 0 saturated heterocycles. The average molecular weight is 734 g/mol. The molecule has 2 unspecified atom stereocenters. The fraction of sp³-hybridized carbons (Fsp3) is 0.870. The van der Waals surface area contributed by atoms with Crippen molar-refractivity contribution in [3.63, 3.8) is 0 Å². The molecule has 2 atom stereocenters. The van der Waals surface area contributed by atoms with E-state index in [-0.39, 0.29) is 18.5 Å². The smallest absolute Gasteiger partial charge is 0.305 e. The van der Waals surface area contributed by atoms with Crippen LogP contribution >= 0.6 is 0 Å². The molecule has 0 aliphatic heterocycles. The fourth-order valence-electron chi connectivity index (χ4n) is 6.68. The normalized spacial score (nSPS) is 12.9. The second-order valence-corrected chi connectivity index (χ2v) is 15.4. The molecule has 52 heavy (non-hydrogen) atoms. The van der Waals surface area contributed by atoms with Gasteiger partial charge in [0.05, 0.1) is 25.4 Å². The van der Waals surface area contributed by atoms with Crippen molar-refractivity contribution in [3.8, 4) is 0 Å². The molecule has 3 N–H and O–H groups in total. The maximum Gasteiger partial charge on any atom is 0.305 e. The molecular formula is C46H87NO5. The first-order valence-corrected chi connectivity index (χ1v) is 22.6. The van der Waals surface area contributed by atoms with Crippen LogP contribution in [0.25, 0.3) is 0 Å². The molecule has 6 nitrogen and oxygen atoms in total. The molecule has 0 heterocycles. The lowest BCUT2D eigenvalue weighted by atomic mass is 10.0. The number of carbonyl (C=O) groups excluding carboxylic acids is 2. The number of carbonyl (C=O) groups is 2. The van der Waals surface area contributed by atoms with Gasteiger partial charge in [-0.2, -0.15) is 0 Å². The minimum absolute atomic E-state index is 0.0473. The topological polar surface area (TPSA) is 95.9 Å². The van der Waals surface area contributed by atoms with Crippen molar-refractivity contribution >= 4 is 11.9 Å². The first-order valence-electron chi connectivity index (χ1n) is 22.6. The lowest BCUT2D eigenvalue weighted by Gasteiger charge is -2.22. The summed E-state index contributed by atoms with van der Waals surface area (Å²) in [5.74, 6) is -0.144. The number of unbranched alkanes of at least 4 members (excludes halogenated alkanes) is 26. The van der Waals surface area contributed by atoms with Crippen LogP contribution in [0.1, 0.15) is 232 Å². The van der Waals surface area contributed by atoms with Gasteiger partial charge in [0.1, 0.15) is 0 Å². The zero-order valence-corrected chi connectivity index (χ0v) is 34.5. The highest BCUT2D eigenvalue weighted by molar-refractivity contribution is 5.76. The largest absolute Gasteiger partial charge is 0.466 e. The van der Waals surface area contributed by atoms with Crippen molar-refractivity contribution in [2.75, 3.05) is 13.2 Å². The predicted molar refractivity (Wildman–Crippen MR) is 223 cm³/mol. The molecular weight excluding hydrogens is 647 g/mol. The summed E-state index contributed by atoms with van der Waals surface area (Å²) in [5, 5.41) is 23.1. The van der Waals surface area contributed by atoms with Gasteiger partial charge in [0, 0.05) is 12.8 Å². The first kappa shape index (κ1) is 50.3. The fourth-order valence-corrected chi connectivity index (χ4v) is 6.68. The molecule has 0 rings (SSSR count). The Morgan fingerprint density at radius 1 is 0.519 bits per heavy atom. The Bertz CT molecular complexity index is 813. The van der Waals surface area contributed by atoms with E-state index in [1.807, 2.05) is 0 Å². The van der Waals surface area contributed by atoms with Crippen molar-refractivity contribution in [3.05, 3.63) is 24.3 Å². The summed E-state index contributed by atoms with van der Waals surface area (Å²) in [6.45, 7) is 4.81. The van der Waals surface area contributed by atoms with E-state index >= 15 is 0 Å². The Morgan fingerprint density at radius 2 is 0.942 bits per heavy atom. The van der Waals surface area contributed by atoms with Gasteiger partial charge in [-0.15, -0.1) is 0 Å². The SMILES string of the molecule is CCCC/C=C\CCCCCCCC(=O)OCCCCCC/C=C\CCCC(=O)NC(CO)C(O)CCCCCCCCCCCCCCCCC. The van der Waals surface area contributed by atoms with Crippen LogP contribution in [-0.4, -0.2) is 47.4 Å². The van der Waals surface area contributed by atoms with Crippen LogP contribution in [0.4, 0.5) is 0 Å². The van der Waals surface area contributed by atoms with Crippen molar-refractivity contribution in [1.29, 1.82) is 0 Å². The first-order chi connectivity index (χ1) is 25.5. The Labute approximate surface area is 322 Å². The van der Waals surface area contributed by atoms with Gasteiger partial charge >= 0.3 is 5.97 Å². The molecule has 0 aliphatic carbocycles. The van der Waals surface area contributed by atoms with Crippen LogP contribution in [0, 0.1) is 0 Å². The molecule has 0 aliphatic rings. The maximum absolute atomic E-state index is 12.4. The molecule has 1 amide bonds. The Morgan fingerprint density at radius 3 is 1.46 bits per heavy atom. The van der Waals surface area contributed by atoms with E-state index in [9.17, 15) is 19.8 Å². The molecule has 6 heteroatoms. The number of hydrogen-bond donors (Lipinski definition) is 3. The van der Waals surface area contributed by atoms with E-state index in [1.165, 1.54) is 128 Å². The van der Waals surface area contributed by atoms with E-state index in [0.29, 0.717) is 25.9 Å². The van der Waals surface area contributed by atoms with E-state index in [1.54, 1.807) is 0 Å². The minimum Gasteiger partial charge on any atom is -0.466 e. The summed E-state index contributed by atoms with van der Waals surface area (Å²) < 4.78 is 5.40. The quantitative estimate of drug-likeness (QED) is 0.0330. The van der Waals surface area contributed by atoms with Gasteiger partial charge in [-0.1, -0.05) is 179 Å². The minimum atomic E-state index is -0.694. The van der Waals surface area contributed by atoms with Crippen molar-refractivity contribution in [2.24, 2.45) is 0 Å². The molecule has 0 fully saturated rings. The summed E-state index contributed by atoms with van der Waals surface area (Å²) in [5.41, 5.74) is 0. The second kappa shape index (κ2) is 42.1. The molecule has 0 aromatic rings. The summed E-state index contributed by atoms with van der Waals surface area (Å²) >= 11 is 0. The number of aliphatic hydroxyl groups is 2. The number of esters is 1. The predicted octanol–water partition coefficient (Wildman–Crippen LogP) is 12.8. The van der Waals surface area contributed by atoms with Crippen molar-refractivity contribution in [2.45, 2.75) is 244 Å². The monoisotopic (exact) mass is 734 g/mol. The number of hydrogen-bond acceptors (Lipinski definition) is 5. The standard InChI is InChI=1S/C46H87NO5/c1-3-5-7-9-11-13-15-16-17-18-20-22-26-30-34-38-44(49)43(42-48)47-45(50)39-35-31-27-23-21-25-29-33-37-41-52-46(51)40-36-32-28-24-19-14-12-10-8-6-4-2/h10,12,23,27,43-44,48-49H,3-9,11,13-22,24-26,28-42H2,1-2H3,(H,47,50)/b12-10-,27-23-. The lowest BCUT2D eigenvalue weighted by Crippen LogP contribution is -2.45. The molecule has 0 saturated carbocycles. The van der Waals surface area contributed by atoms with Crippen molar-refractivity contribution < 1.29 is 24.5 Å². The third-order valence-corrected chi connectivity index (χ3v) is 10.2. The molecule has 0 aromatic heterocycles.